The van der Waals surface area contributed by atoms with Crippen molar-refractivity contribution in [3.63, 3.8) is 0 Å². The fourth-order valence-corrected chi connectivity index (χ4v) is 2.91. The van der Waals surface area contributed by atoms with Gasteiger partial charge in [0.2, 0.25) is 0 Å². The Balaban J connectivity index is 2.22. The molecule has 0 radical (unpaired) electrons. The summed E-state index contributed by atoms with van der Waals surface area (Å²) in [7, 11) is 7.16. The number of ether oxygens (including phenoxy) is 3. The average molecular weight is 279 g/mol. The molecule has 1 saturated carbocycles. The van der Waals surface area contributed by atoms with Crippen LogP contribution in [0.15, 0.2) is 18.2 Å². The van der Waals surface area contributed by atoms with E-state index in [0.717, 1.165) is 36.3 Å². The first-order valence-corrected chi connectivity index (χ1v) is 7.12. The third-order valence-corrected chi connectivity index (χ3v) is 4.44. The molecule has 0 heterocycles. The van der Waals surface area contributed by atoms with Crippen LogP contribution in [0.25, 0.3) is 0 Å². The Morgan fingerprint density at radius 2 is 1.95 bits per heavy atom. The van der Waals surface area contributed by atoms with E-state index in [-0.39, 0.29) is 11.6 Å². The maximum absolute atomic E-state index is 5.74. The molecule has 1 fully saturated rings. The minimum absolute atomic E-state index is 0.0264. The van der Waals surface area contributed by atoms with Crippen molar-refractivity contribution in [2.24, 2.45) is 0 Å². The van der Waals surface area contributed by atoms with E-state index < -0.39 is 0 Å². The average Bonchev–Trinajstić information content (AvgIpc) is 2.46. The molecule has 112 valence electrons. The minimum Gasteiger partial charge on any atom is -0.497 e. The van der Waals surface area contributed by atoms with Gasteiger partial charge in [0.25, 0.3) is 0 Å². The highest BCUT2D eigenvalue weighted by Gasteiger charge is 2.39. The van der Waals surface area contributed by atoms with Gasteiger partial charge in [-0.1, -0.05) is 6.07 Å². The van der Waals surface area contributed by atoms with Crippen molar-refractivity contribution in [3.8, 4) is 11.5 Å². The lowest BCUT2D eigenvalue weighted by Crippen LogP contribution is -2.42. The van der Waals surface area contributed by atoms with Crippen LogP contribution in [-0.2, 0) is 4.74 Å². The molecule has 1 N–H and O–H groups in total. The van der Waals surface area contributed by atoms with Crippen LogP contribution in [0.3, 0.4) is 0 Å². The second kappa shape index (κ2) is 6.46. The highest BCUT2D eigenvalue weighted by molar-refractivity contribution is 5.42. The maximum Gasteiger partial charge on any atom is 0.127 e. The van der Waals surface area contributed by atoms with Gasteiger partial charge < -0.3 is 19.5 Å². The smallest absolute Gasteiger partial charge is 0.127 e. The van der Waals surface area contributed by atoms with Gasteiger partial charge in [-0.15, -0.1) is 0 Å². The second-order valence-electron chi connectivity index (χ2n) is 5.39. The van der Waals surface area contributed by atoms with Crippen LogP contribution < -0.4 is 14.8 Å². The molecule has 1 atom stereocenters. The number of nitrogens with one attached hydrogen (secondary N) is 1. The molecule has 0 aliphatic heterocycles. The zero-order chi connectivity index (χ0) is 14.6. The third-order valence-electron chi connectivity index (χ3n) is 4.44. The summed E-state index contributed by atoms with van der Waals surface area (Å²) < 4.78 is 16.5. The Morgan fingerprint density at radius 1 is 1.20 bits per heavy atom. The first-order valence-electron chi connectivity index (χ1n) is 7.12. The summed E-state index contributed by atoms with van der Waals surface area (Å²) in [4.78, 5) is 0. The van der Waals surface area contributed by atoms with Crippen molar-refractivity contribution in [2.45, 2.75) is 37.3 Å². The van der Waals surface area contributed by atoms with Crippen molar-refractivity contribution in [1.82, 2.24) is 5.32 Å². The van der Waals surface area contributed by atoms with E-state index in [2.05, 4.69) is 11.4 Å². The van der Waals surface area contributed by atoms with Crippen LogP contribution in [0.4, 0.5) is 0 Å². The van der Waals surface area contributed by atoms with Gasteiger partial charge in [-0.25, -0.2) is 0 Å². The topological polar surface area (TPSA) is 39.7 Å². The Bertz CT molecular complexity index is 438. The lowest BCUT2D eigenvalue weighted by Gasteiger charge is -2.43. The van der Waals surface area contributed by atoms with E-state index >= 15 is 0 Å². The molecule has 20 heavy (non-hydrogen) atoms. The number of hydrogen-bond donors (Lipinski definition) is 1. The molecule has 0 spiro atoms. The molecule has 1 aromatic rings. The molecule has 0 saturated heterocycles. The van der Waals surface area contributed by atoms with Crippen molar-refractivity contribution >= 4 is 0 Å². The molecule has 1 unspecified atom stereocenters. The van der Waals surface area contributed by atoms with Crippen LogP contribution in [0, 0.1) is 0 Å². The predicted octanol–water partition coefficient (Wildman–Crippen LogP) is 2.92. The number of rotatable bonds is 7. The van der Waals surface area contributed by atoms with Crippen LogP contribution in [0.5, 0.6) is 11.5 Å². The summed E-state index contributed by atoms with van der Waals surface area (Å²) in [6, 6.07) is 6.19. The van der Waals surface area contributed by atoms with Gasteiger partial charge in [0, 0.05) is 24.8 Å². The first kappa shape index (κ1) is 15.1. The lowest BCUT2D eigenvalue weighted by atomic mass is 9.74. The number of benzene rings is 1. The predicted molar refractivity (Wildman–Crippen MR) is 79.6 cm³/mol. The lowest BCUT2D eigenvalue weighted by molar-refractivity contribution is -0.0835. The summed E-state index contributed by atoms with van der Waals surface area (Å²) in [5.41, 5.74) is 1.18. The summed E-state index contributed by atoms with van der Waals surface area (Å²) in [6.07, 6.45) is 4.49. The SMILES string of the molecule is CNC(CC1(OC)CCC1)c1ccc(OC)cc1OC. The van der Waals surface area contributed by atoms with Crippen molar-refractivity contribution in [2.75, 3.05) is 28.4 Å². The summed E-state index contributed by atoms with van der Waals surface area (Å²) >= 11 is 0. The fourth-order valence-electron chi connectivity index (χ4n) is 2.91. The summed E-state index contributed by atoms with van der Waals surface area (Å²) in [5, 5.41) is 3.39. The Kier molecular flexibility index (Phi) is 4.89. The van der Waals surface area contributed by atoms with Gasteiger partial charge in [-0.2, -0.15) is 0 Å². The largest absolute Gasteiger partial charge is 0.497 e. The molecule has 4 nitrogen and oxygen atoms in total. The molecular formula is C16H25NO3. The van der Waals surface area contributed by atoms with Crippen molar-refractivity contribution in [3.05, 3.63) is 23.8 Å². The molecule has 0 amide bonds. The van der Waals surface area contributed by atoms with Crippen LogP contribution in [0.1, 0.15) is 37.3 Å². The summed E-state index contributed by atoms with van der Waals surface area (Å²) in [5.74, 6) is 1.67. The molecular weight excluding hydrogens is 254 g/mol. The number of methoxy groups -OCH3 is 3. The number of hydrogen-bond acceptors (Lipinski definition) is 4. The first-order chi connectivity index (χ1) is 9.68. The van der Waals surface area contributed by atoms with Gasteiger partial charge >= 0.3 is 0 Å². The quantitative estimate of drug-likeness (QED) is 0.833. The van der Waals surface area contributed by atoms with E-state index in [0.29, 0.717) is 0 Å². The highest BCUT2D eigenvalue weighted by Crippen LogP contribution is 2.43. The van der Waals surface area contributed by atoms with E-state index in [9.17, 15) is 0 Å². The van der Waals surface area contributed by atoms with Crippen LogP contribution >= 0.6 is 0 Å². The van der Waals surface area contributed by atoms with E-state index in [1.54, 1.807) is 14.2 Å². The Morgan fingerprint density at radius 3 is 2.40 bits per heavy atom. The van der Waals surface area contributed by atoms with Crippen molar-refractivity contribution < 1.29 is 14.2 Å². The third kappa shape index (κ3) is 2.91. The van der Waals surface area contributed by atoms with Gasteiger partial charge in [0.05, 0.1) is 19.8 Å². The summed E-state index contributed by atoms with van der Waals surface area (Å²) in [6.45, 7) is 0. The van der Waals surface area contributed by atoms with Gasteiger partial charge in [0.15, 0.2) is 0 Å². The molecule has 1 aliphatic rings. The standard InChI is InChI=1S/C16H25NO3/c1-17-14(11-16(20-4)8-5-9-16)13-7-6-12(18-2)10-15(13)19-3/h6-7,10,14,17H,5,8-9,11H2,1-4H3. The fraction of sp³-hybridized carbons (Fsp3) is 0.625. The molecule has 0 aromatic heterocycles. The normalized spacial score (nSPS) is 18.2. The minimum atomic E-state index is 0.0264. The van der Waals surface area contributed by atoms with Gasteiger partial charge in [-0.05, 0) is 38.8 Å². The van der Waals surface area contributed by atoms with E-state index in [4.69, 9.17) is 14.2 Å². The molecule has 1 aliphatic carbocycles. The van der Waals surface area contributed by atoms with E-state index in [1.807, 2.05) is 26.3 Å². The highest BCUT2D eigenvalue weighted by atomic mass is 16.5. The maximum atomic E-state index is 5.74. The zero-order valence-electron chi connectivity index (χ0n) is 12.9. The Hall–Kier alpha value is -1.26. The van der Waals surface area contributed by atoms with Crippen molar-refractivity contribution in [1.29, 1.82) is 0 Å². The molecule has 4 heteroatoms. The van der Waals surface area contributed by atoms with Crippen LogP contribution in [-0.4, -0.2) is 34.0 Å². The second-order valence-corrected chi connectivity index (χ2v) is 5.39. The van der Waals surface area contributed by atoms with Gasteiger partial charge in [-0.3, -0.25) is 0 Å². The van der Waals surface area contributed by atoms with Gasteiger partial charge in [0.1, 0.15) is 11.5 Å². The molecule has 0 bridgehead atoms. The van der Waals surface area contributed by atoms with E-state index in [1.165, 1.54) is 6.42 Å². The van der Waals surface area contributed by atoms with Crippen LogP contribution in [0.2, 0.25) is 0 Å². The monoisotopic (exact) mass is 279 g/mol. The Labute approximate surface area is 121 Å². The molecule has 1 aromatic carbocycles. The zero-order valence-corrected chi connectivity index (χ0v) is 12.9. The molecule has 2 rings (SSSR count).